The van der Waals surface area contributed by atoms with Gasteiger partial charge in [0.1, 0.15) is 0 Å². The molecule has 1 N–H and O–H groups in total. The average Bonchev–Trinajstić information content (AvgIpc) is 1.32. The van der Waals surface area contributed by atoms with Gasteiger partial charge in [0.15, 0.2) is 0 Å². The molecule has 0 atom stereocenters. The number of hydrogen-bond acceptors (Lipinski definition) is 1. The minimum absolute atomic E-state index is 1.01. The van der Waals surface area contributed by atoms with Gasteiger partial charge in [-0.2, -0.15) is 0 Å². The molecule has 1 nitrogen and oxygen atoms in total. The molecular weight excluding hydrogens is 95.0 g/mol. The van der Waals surface area contributed by atoms with E-state index in [0.29, 0.717) is 0 Å². The lowest BCUT2D eigenvalue weighted by atomic mass is 10.5. The summed E-state index contributed by atoms with van der Waals surface area (Å²) in [5, 5.41) is 0. The van der Waals surface area contributed by atoms with Crippen LogP contribution < -0.4 is 0 Å². The highest BCUT2D eigenvalue weighted by molar-refractivity contribution is 7.69. The molecule has 0 radical (unpaired) electrons. The van der Waals surface area contributed by atoms with E-state index in [1.54, 1.807) is 0 Å². The standard InChI is InChI=1S/C4H9OP/c1-6(5)3-2-4-6/h5H,1-4H2. The van der Waals surface area contributed by atoms with Crippen LogP contribution >= 0.6 is 7.11 Å². The predicted molar refractivity (Wildman–Crippen MR) is 30.6 cm³/mol. The van der Waals surface area contributed by atoms with Gasteiger partial charge in [0.2, 0.25) is 0 Å². The van der Waals surface area contributed by atoms with Crippen molar-refractivity contribution in [2.24, 2.45) is 0 Å². The highest BCUT2D eigenvalue weighted by atomic mass is 31.2. The summed E-state index contributed by atoms with van der Waals surface area (Å²) in [6.07, 6.45) is 6.86. The quantitative estimate of drug-likeness (QED) is 0.449. The van der Waals surface area contributed by atoms with E-state index in [-0.39, 0.29) is 0 Å². The smallest absolute Gasteiger partial charge is 0.00200 e. The third-order valence-corrected chi connectivity index (χ3v) is 3.45. The van der Waals surface area contributed by atoms with Crippen LogP contribution in [0.4, 0.5) is 0 Å². The Morgan fingerprint density at radius 1 is 1.50 bits per heavy atom. The Hall–Kier alpha value is 0.260. The fourth-order valence-electron chi connectivity index (χ4n) is 0.523. The van der Waals surface area contributed by atoms with Crippen molar-refractivity contribution in [1.29, 1.82) is 0 Å². The predicted octanol–water partition coefficient (Wildman–Crippen LogP) is 0.747. The molecule has 0 aromatic rings. The van der Waals surface area contributed by atoms with Gasteiger partial charge in [-0.3, -0.25) is 0 Å². The first kappa shape index (κ1) is 4.42. The summed E-state index contributed by atoms with van der Waals surface area (Å²) in [6.45, 7) is 0. The highest BCUT2D eigenvalue weighted by Gasteiger charge is 2.18. The topological polar surface area (TPSA) is 20.2 Å². The average molecular weight is 104 g/mol. The van der Waals surface area contributed by atoms with Crippen molar-refractivity contribution in [2.75, 3.05) is 12.3 Å². The zero-order valence-corrected chi connectivity index (χ0v) is 4.62. The van der Waals surface area contributed by atoms with Crippen molar-refractivity contribution in [1.82, 2.24) is 0 Å². The number of hydrogen-bond donors (Lipinski definition) is 1. The molecule has 0 aromatic heterocycles. The summed E-state index contributed by atoms with van der Waals surface area (Å²) in [7, 11) is -1.47. The van der Waals surface area contributed by atoms with Crippen molar-refractivity contribution >= 4 is 13.4 Å². The van der Waals surface area contributed by atoms with Crippen LogP contribution in [0.25, 0.3) is 0 Å². The molecule has 0 bridgehead atoms. The molecule has 1 fully saturated rings. The van der Waals surface area contributed by atoms with Crippen molar-refractivity contribution < 1.29 is 4.89 Å². The normalized spacial score (nSPS) is 28.8. The van der Waals surface area contributed by atoms with E-state index < -0.39 is 7.11 Å². The Balaban J connectivity index is 2.53. The van der Waals surface area contributed by atoms with Crippen molar-refractivity contribution in [3.63, 3.8) is 0 Å². The Kier molecular flexibility index (Phi) is 0.820. The van der Waals surface area contributed by atoms with E-state index in [2.05, 4.69) is 6.30 Å². The maximum atomic E-state index is 8.91. The van der Waals surface area contributed by atoms with E-state index in [1.807, 2.05) is 0 Å². The second-order valence-electron chi connectivity index (χ2n) is 1.90. The Morgan fingerprint density at radius 3 is 1.83 bits per heavy atom. The van der Waals surface area contributed by atoms with Crippen LogP contribution in [0.15, 0.2) is 0 Å². The maximum absolute atomic E-state index is 8.91. The van der Waals surface area contributed by atoms with Crippen molar-refractivity contribution in [3.05, 3.63) is 0 Å². The molecule has 0 aromatic carbocycles. The van der Waals surface area contributed by atoms with Crippen LogP contribution in [0.5, 0.6) is 0 Å². The van der Waals surface area contributed by atoms with Crippen LogP contribution in [0, 0.1) is 0 Å². The first-order valence-electron chi connectivity index (χ1n) is 2.15. The molecule has 2 heteroatoms. The van der Waals surface area contributed by atoms with E-state index >= 15 is 0 Å². The Labute approximate surface area is 38.1 Å². The fourth-order valence-corrected chi connectivity index (χ4v) is 1.57. The summed E-state index contributed by atoms with van der Waals surface area (Å²) in [5.41, 5.74) is 0. The fraction of sp³-hybridized carbons (Fsp3) is 0.750. The Bertz CT molecular complexity index is 89.7. The minimum Gasteiger partial charge on any atom is -0.377 e. The van der Waals surface area contributed by atoms with Gasteiger partial charge in [-0.25, -0.2) is 0 Å². The first-order chi connectivity index (χ1) is 2.71. The van der Waals surface area contributed by atoms with E-state index in [4.69, 9.17) is 4.89 Å². The SMILES string of the molecule is C=P1(O)CCC1. The van der Waals surface area contributed by atoms with Crippen LogP contribution in [-0.4, -0.2) is 23.5 Å². The molecular formula is C4H9OP. The van der Waals surface area contributed by atoms with Crippen molar-refractivity contribution in [3.8, 4) is 0 Å². The lowest BCUT2D eigenvalue weighted by Crippen LogP contribution is -2.07. The molecule has 0 spiro atoms. The van der Waals surface area contributed by atoms with E-state index in [1.165, 1.54) is 6.42 Å². The van der Waals surface area contributed by atoms with Gasteiger partial charge < -0.3 is 4.89 Å². The second-order valence-corrected chi connectivity index (χ2v) is 4.98. The molecule has 6 heavy (non-hydrogen) atoms. The lowest BCUT2D eigenvalue weighted by Gasteiger charge is -2.25. The molecule has 1 aliphatic heterocycles. The van der Waals surface area contributed by atoms with Crippen LogP contribution in [0.2, 0.25) is 0 Å². The molecule has 1 heterocycles. The monoisotopic (exact) mass is 104 g/mol. The molecule has 0 saturated carbocycles. The van der Waals surface area contributed by atoms with Crippen molar-refractivity contribution in [2.45, 2.75) is 6.42 Å². The minimum atomic E-state index is -1.47. The third kappa shape index (κ3) is 0.664. The molecule has 36 valence electrons. The molecule has 0 unspecified atom stereocenters. The van der Waals surface area contributed by atoms with Gasteiger partial charge in [0.25, 0.3) is 0 Å². The lowest BCUT2D eigenvalue weighted by molar-refractivity contribution is 0.597. The van der Waals surface area contributed by atoms with E-state index in [0.717, 1.165) is 12.3 Å². The maximum Gasteiger partial charge on any atom is -0.00200 e. The molecule has 0 aliphatic carbocycles. The van der Waals surface area contributed by atoms with E-state index in [9.17, 15) is 0 Å². The molecule has 1 aliphatic rings. The van der Waals surface area contributed by atoms with Gasteiger partial charge >= 0.3 is 0 Å². The summed E-state index contributed by atoms with van der Waals surface area (Å²) in [5.74, 6) is 0. The largest absolute Gasteiger partial charge is 0.377 e. The van der Waals surface area contributed by atoms with Gasteiger partial charge in [0, 0.05) is 0 Å². The molecule has 1 rings (SSSR count). The van der Waals surface area contributed by atoms with Gasteiger partial charge in [-0.05, 0) is 25.9 Å². The number of rotatable bonds is 0. The first-order valence-corrected chi connectivity index (χ1v) is 4.45. The highest BCUT2D eigenvalue weighted by Crippen LogP contribution is 2.49. The van der Waals surface area contributed by atoms with Crippen LogP contribution in [0.1, 0.15) is 6.42 Å². The van der Waals surface area contributed by atoms with Gasteiger partial charge in [0.05, 0.1) is 0 Å². The molecule has 0 amide bonds. The Morgan fingerprint density at radius 2 is 1.83 bits per heavy atom. The van der Waals surface area contributed by atoms with Gasteiger partial charge in [-0.1, -0.05) is 6.30 Å². The second kappa shape index (κ2) is 1.11. The summed E-state index contributed by atoms with van der Waals surface area (Å²) in [4.78, 5) is 8.91. The zero-order chi connectivity index (χ0) is 4.62. The third-order valence-electron chi connectivity index (χ3n) is 1.15. The zero-order valence-electron chi connectivity index (χ0n) is 3.72. The van der Waals surface area contributed by atoms with Crippen LogP contribution in [0.3, 0.4) is 0 Å². The summed E-state index contributed by atoms with van der Waals surface area (Å²) < 4.78 is 0. The summed E-state index contributed by atoms with van der Waals surface area (Å²) >= 11 is 0. The molecule has 1 saturated heterocycles. The van der Waals surface area contributed by atoms with Gasteiger partial charge in [-0.15, -0.1) is 0 Å². The summed E-state index contributed by atoms with van der Waals surface area (Å²) in [6, 6.07) is 0. The van der Waals surface area contributed by atoms with Crippen LogP contribution in [-0.2, 0) is 0 Å².